The summed E-state index contributed by atoms with van der Waals surface area (Å²) < 4.78 is 22.2. The van der Waals surface area contributed by atoms with Crippen LogP contribution in [0, 0.1) is 29.1 Å². The molecule has 4 aliphatic carbocycles. The topological polar surface area (TPSA) is 138 Å². The Morgan fingerprint density at radius 3 is 2.58 bits per heavy atom. The molecular weight excluding hydrogens is 495 g/mol. The highest BCUT2D eigenvalue weighted by atomic mass is 19.1. The van der Waals surface area contributed by atoms with Crippen molar-refractivity contribution in [2.45, 2.75) is 56.9 Å². The van der Waals surface area contributed by atoms with Crippen LogP contribution in [-0.2, 0) is 14.3 Å². The summed E-state index contributed by atoms with van der Waals surface area (Å²) in [7, 11) is 0. The number of esters is 1. The van der Waals surface area contributed by atoms with E-state index in [-0.39, 0.29) is 29.2 Å². The molecule has 0 heterocycles. The number of alkyl halides is 1. The number of hydrogen-bond acceptors (Lipinski definition) is 7. The third-order valence-electron chi connectivity index (χ3n) is 9.69. The van der Waals surface area contributed by atoms with Crippen LogP contribution in [0.3, 0.4) is 0 Å². The van der Waals surface area contributed by atoms with E-state index >= 15 is 4.39 Å². The van der Waals surface area contributed by atoms with Gasteiger partial charge < -0.3 is 20.1 Å². The Morgan fingerprint density at radius 2 is 1.87 bits per heavy atom. The molecule has 3 saturated carbocycles. The molecule has 38 heavy (non-hydrogen) atoms. The van der Waals surface area contributed by atoms with Gasteiger partial charge in [0.1, 0.15) is 5.60 Å². The normalized spacial score (nSPS) is 39.4. The second-order valence-electron chi connectivity index (χ2n) is 11.4. The summed E-state index contributed by atoms with van der Waals surface area (Å²) in [5, 5.41) is 32.1. The SMILES string of the molecule is C[C@@H]1C[C@@H]2[C@H](C[C@H](O)[C@@]3(F)[C@H]2CCC2=CC(=O)C=C[C@@]23C)[C@@]1(O)C(=O)COC(=O)c1cccc(C(=O)O)c1. The Balaban J connectivity index is 1.37. The first-order valence-corrected chi connectivity index (χ1v) is 12.9. The van der Waals surface area contributed by atoms with E-state index < -0.39 is 64.9 Å². The van der Waals surface area contributed by atoms with Crippen molar-refractivity contribution in [2.24, 2.45) is 29.1 Å². The first kappa shape index (κ1) is 26.4. The number of fused-ring (bicyclic) bond motifs is 5. The Bertz CT molecular complexity index is 1280. The van der Waals surface area contributed by atoms with Crippen molar-refractivity contribution in [3.8, 4) is 0 Å². The zero-order chi connectivity index (χ0) is 27.6. The van der Waals surface area contributed by atoms with E-state index in [0.29, 0.717) is 24.8 Å². The number of carboxylic acid groups (broad SMARTS) is 1. The second kappa shape index (κ2) is 8.95. The van der Waals surface area contributed by atoms with Gasteiger partial charge in [-0.25, -0.2) is 14.0 Å². The number of aliphatic hydroxyl groups excluding tert-OH is 1. The van der Waals surface area contributed by atoms with E-state index in [1.807, 2.05) is 0 Å². The van der Waals surface area contributed by atoms with Crippen molar-refractivity contribution in [1.82, 2.24) is 0 Å². The molecular formula is C29H31FO8. The highest BCUT2D eigenvalue weighted by molar-refractivity contribution is 6.01. The number of Topliss-reactive ketones (excluding diaryl/α,β-unsaturated/α-hetero) is 1. The van der Waals surface area contributed by atoms with Crippen LogP contribution < -0.4 is 0 Å². The van der Waals surface area contributed by atoms with Crippen LogP contribution in [-0.4, -0.2) is 62.8 Å². The van der Waals surface area contributed by atoms with Gasteiger partial charge in [0.05, 0.1) is 17.2 Å². The van der Waals surface area contributed by atoms with Gasteiger partial charge in [0.25, 0.3) is 0 Å². The van der Waals surface area contributed by atoms with Crippen LogP contribution in [0.2, 0.25) is 0 Å². The van der Waals surface area contributed by atoms with Gasteiger partial charge in [-0.3, -0.25) is 9.59 Å². The van der Waals surface area contributed by atoms with E-state index in [2.05, 4.69) is 0 Å². The van der Waals surface area contributed by atoms with Crippen molar-refractivity contribution >= 4 is 23.5 Å². The van der Waals surface area contributed by atoms with Crippen molar-refractivity contribution in [3.05, 3.63) is 59.2 Å². The molecule has 202 valence electrons. The van der Waals surface area contributed by atoms with Gasteiger partial charge >= 0.3 is 11.9 Å². The van der Waals surface area contributed by atoms with Gasteiger partial charge in [-0.05, 0) is 74.8 Å². The molecule has 8 nitrogen and oxygen atoms in total. The average molecular weight is 527 g/mol. The van der Waals surface area contributed by atoms with E-state index in [0.717, 1.165) is 6.07 Å². The minimum Gasteiger partial charge on any atom is -0.478 e. The molecule has 0 unspecified atom stereocenters. The number of allylic oxidation sites excluding steroid dienone is 4. The standard InChI is InChI=1S/C29H31FO8/c1-15-10-20-21-7-6-18-12-19(31)8-9-27(18,2)29(21,30)23(32)13-22(20)28(15,37)24(33)14-38-26(36)17-5-3-4-16(11-17)25(34)35/h3-5,8-9,11-12,15,20-23,32,37H,6-7,10,13-14H2,1-2H3,(H,34,35)/t15-,20+,21+,22+,23+,27+,28-,29+/m1/s1. The number of ketones is 2. The lowest BCUT2D eigenvalue weighted by atomic mass is 9.48. The highest BCUT2D eigenvalue weighted by Crippen LogP contribution is 2.66. The summed E-state index contributed by atoms with van der Waals surface area (Å²) in [6.45, 7) is 2.67. The van der Waals surface area contributed by atoms with Gasteiger partial charge in [-0.1, -0.05) is 24.6 Å². The molecule has 4 aliphatic rings. The average Bonchev–Trinajstić information content (AvgIpc) is 3.14. The van der Waals surface area contributed by atoms with Crippen LogP contribution in [0.25, 0.3) is 0 Å². The third-order valence-corrected chi connectivity index (χ3v) is 9.69. The molecule has 8 atom stereocenters. The summed E-state index contributed by atoms with van der Waals surface area (Å²) in [5.74, 6) is -5.39. The molecule has 9 heteroatoms. The number of aromatic carboxylic acids is 1. The molecule has 1 aromatic rings. The lowest BCUT2D eigenvalue weighted by Crippen LogP contribution is -2.66. The van der Waals surface area contributed by atoms with Gasteiger partial charge in [-0.15, -0.1) is 0 Å². The summed E-state index contributed by atoms with van der Waals surface area (Å²) >= 11 is 0. The molecule has 0 amide bonds. The minimum atomic E-state index is -2.06. The van der Waals surface area contributed by atoms with Gasteiger partial charge in [0.2, 0.25) is 5.78 Å². The molecule has 3 N–H and O–H groups in total. The second-order valence-corrected chi connectivity index (χ2v) is 11.4. The van der Waals surface area contributed by atoms with E-state index in [1.54, 1.807) is 19.9 Å². The molecule has 0 aromatic heterocycles. The molecule has 1 aromatic carbocycles. The molecule has 0 saturated heterocycles. The van der Waals surface area contributed by atoms with Gasteiger partial charge in [0, 0.05) is 17.3 Å². The quantitative estimate of drug-likeness (QED) is 0.498. The maximum atomic E-state index is 17.1. The predicted octanol–water partition coefficient (Wildman–Crippen LogP) is 3.07. The summed E-state index contributed by atoms with van der Waals surface area (Å²) in [6.07, 6.45) is 3.93. The Labute approximate surface area is 219 Å². The fraction of sp³-hybridized carbons (Fsp3) is 0.517. The van der Waals surface area contributed by atoms with Crippen molar-refractivity contribution < 1.29 is 43.6 Å². The number of benzene rings is 1. The van der Waals surface area contributed by atoms with Crippen molar-refractivity contribution in [1.29, 1.82) is 0 Å². The summed E-state index contributed by atoms with van der Waals surface area (Å²) in [6, 6.07) is 5.20. The van der Waals surface area contributed by atoms with E-state index in [4.69, 9.17) is 9.84 Å². The van der Waals surface area contributed by atoms with Crippen LogP contribution in [0.1, 0.15) is 60.2 Å². The predicted molar refractivity (Wildman–Crippen MR) is 132 cm³/mol. The number of carboxylic acids is 1. The Hall–Kier alpha value is -3.17. The minimum absolute atomic E-state index is 0.0457. The van der Waals surface area contributed by atoms with Crippen LogP contribution >= 0.6 is 0 Å². The first-order valence-electron chi connectivity index (χ1n) is 12.9. The molecule has 0 spiro atoms. The van der Waals surface area contributed by atoms with Crippen LogP contribution in [0.15, 0.2) is 48.1 Å². The van der Waals surface area contributed by atoms with Crippen molar-refractivity contribution in [2.75, 3.05) is 6.61 Å². The lowest BCUT2D eigenvalue weighted by molar-refractivity contribution is -0.191. The maximum Gasteiger partial charge on any atom is 0.338 e. The number of halogens is 1. The Morgan fingerprint density at radius 1 is 1.16 bits per heavy atom. The zero-order valence-electron chi connectivity index (χ0n) is 21.2. The fourth-order valence-corrected chi connectivity index (χ4v) is 7.70. The maximum absolute atomic E-state index is 17.1. The fourth-order valence-electron chi connectivity index (χ4n) is 7.70. The zero-order valence-corrected chi connectivity index (χ0v) is 21.2. The molecule has 0 bridgehead atoms. The van der Waals surface area contributed by atoms with E-state index in [1.165, 1.54) is 30.4 Å². The number of carbonyl (C=O) groups is 4. The Kier molecular flexibility index (Phi) is 6.23. The van der Waals surface area contributed by atoms with Crippen LogP contribution in [0.4, 0.5) is 4.39 Å². The third kappa shape index (κ3) is 3.62. The highest BCUT2D eigenvalue weighted by Gasteiger charge is 2.71. The van der Waals surface area contributed by atoms with E-state index in [9.17, 15) is 29.4 Å². The largest absolute Gasteiger partial charge is 0.478 e. The number of ether oxygens (including phenoxy) is 1. The lowest BCUT2D eigenvalue weighted by Gasteiger charge is -2.59. The summed E-state index contributed by atoms with van der Waals surface area (Å²) in [4.78, 5) is 49.0. The summed E-state index contributed by atoms with van der Waals surface area (Å²) in [5.41, 5.74) is -4.66. The molecule has 0 radical (unpaired) electrons. The van der Waals surface area contributed by atoms with Crippen molar-refractivity contribution in [3.63, 3.8) is 0 Å². The molecule has 3 fully saturated rings. The number of aliphatic hydroxyl groups is 2. The van der Waals surface area contributed by atoms with Gasteiger partial charge in [0.15, 0.2) is 18.1 Å². The molecule has 0 aliphatic heterocycles. The first-order chi connectivity index (χ1) is 17.8. The monoisotopic (exact) mass is 526 g/mol. The number of carbonyl (C=O) groups excluding carboxylic acids is 3. The number of hydrogen-bond donors (Lipinski definition) is 3. The molecule has 5 rings (SSSR count). The smallest absolute Gasteiger partial charge is 0.338 e. The van der Waals surface area contributed by atoms with Gasteiger partial charge in [-0.2, -0.15) is 0 Å². The van der Waals surface area contributed by atoms with Crippen LogP contribution in [0.5, 0.6) is 0 Å². The number of rotatable bonds is 5.